The van der Waals surface area contributed by atoms with Gasteiger partial charge in [-0.2, -0.15) is 0 Å². The summed E-state index contributed by atoms with van der Waals surface area (Å²) in [5, 5.41) is 7.68. The van der Waals surface area contributed by atoms with Gasteiger partial charge in [0.2, 0.25) is 0 Å². The van der Waals surface area contributed by atoms with Gasteiger partial charge in [0.1, 0.15) is 0 Å². The van der Waals surface area contributed by atoms with Crippen molar-refractivity contribution < 1.29 is 0 Å². The van der Waals surface area contributed by atoms with E-state index in [0.29, 0.717) is 35.8 Å². The fourth-order valence-electron chi connectivity index (χ4n) is 5.07. The number of nitrogens with one attached hydrogen (secondary N) is 2. The molecule has 33 heavy (non-hydrogen) atoms. The van der Waals surface area contributed by atoms with Gasteiger partial charge in [-0.05, 0) is 77.3 Å². The van der Waals surface area contributed by atoms with Crippen molar-refractivity contribution in [3.63, 3.8) is 0 Å². The molecular formula is C31H50N2. The van der Waals surface area contributed by atoms with Crippen LogP contribution in [0.1, 0.15) is 133 Å². The minimum absolute atomic E-state index is 0.456. The number of hydrogen-bond acceptors (Lipinski definition) is 2. The molecule has 0 heterocycles. The zero-order chi connectivity index (χ0) is 24.7. The molecule has 184 valence electrons. The van der Waals surface area contributed by atoms with Crippen LogP contribution in [0.5, 0.6) is 0 Å². The minimum Gasteiger partial charge on any atom is -0.310 e. The molecular weight excluding hydrogens is 400 g/mol. The van der Waals surface area contributed by atoms with Gasteiger partial charge in [0.25, 0.3) is 0 Å². The summed E-state index contributed by atoms with van der Waals surface area (Å²) >= 11 is 0. The molecule has 0 aliphatic carbocycles. The van der Waals surface area contributed by atoms with Crippen molar-refractivity contribution in [1.82, 2.24) is 10.6 Å². The predicted molar refractivity (Wildman–Crippen MR) is 146 cm³/mol. The van der Waals surface area contributed by atoms with E-state index < -0.39 is 0 Å². The van der Waals surface area contributed by atoms with E-state index in [1.165, 1.54) is 33.4 Å². The summed E-state index contributed by atoms with van der Waals surface area (Å²) in [6.45, 7) is 25.0. The first kappa shape index (κ1) is 27.6. The summed E-state index contributed by atoms with van der Waals surface area (Å²) in [7, 11) is 0. The first-order valence-electron chi connectivity index (χ1n) is 13.2. The molecule has 0 spiro atoms. The Labute approximate surface area is 205 Å². The Morgan fingerprint density at radius 1 is 0.485 bits per heavy atom. The molecule has 2 atom stereocenters. The third-order valence-electron chi connectivity index (χ3n) is 6.95. The van der Waals surface area contributed by atoms with Crippen LogP contribution in [0.4, 0.5) is 0 Å². The quantitative estimate of drug-likeness (QED) is 0.340. The van der Waals surface area contributed by atoms with E-state index in [-0.39, 0.29) is 0 Å². The maximum Gasteiger partial charge on any atom is 0.0213 e. The van der Waals surface area contributed by atoms with Gasteiger partial charge in [-0.25, -0.2) is 0 Å². The van der Waals surface area contributed by atoms with Gasteiger partial charge in [0.15, 0.2) is 0 Å². The Morgan fingerprint density at radius 2 is 0.758 bits per heavy atom. The summed E-state index contributed by atoms with van der Waals surface area (Å²) in [5.74, 6) is 2.19. The Hall–Kier alpha value is -1.64. The second kappa shape index (κ2) is 12.7. The molecule has 0 fully saturated rings. The van der Waals surface area contributed by atoms with Crippen LogP contribution in [0.25, 0.3) is 0 Å². The Balaban J connectivity index is 2.02. The third kappa shape index (κ3) is 7.69. The van der Waals surface area contributed by atoms with Gasteiger partial charge in [-0.3, -0.25) is 0 Å². The average molecular weight is 451 g/mol. The van der Waals surface area contributed by atoms with Crippen molar-refractivity contribution in [3.05, 3.63) is 69.8 Å². The topological polar surface area (TPSA) is 24.1 Å². The van der Waals surface area contributed by atoms with Gasteiger partial charge >= 0.3 is 0 Å². The van der Waals surface area contributed by atoms with Crippen LogP contribution in [-0.2, 0) is 13.1 Å². The molecule has 0 aliphatic heterocycles. The highest BCUT2D eigenvalue weighted by atomic mass is 14.9. The van der Waals surface area contributed by atoms with Crippen LogP contribution in [0, 0.1) is 0 Å². The lowest BCUT2D eigenvalue weighted by atomic mass is 9.88. The largest absolute Gasteiger partial charge is 0.310 e. The first-order chi connectivity index (χ1) is 15.5. The minimum atomic E-state index is 0.456. The molecule has 0 saturated carbocycles. The smallest absolute Gasteiger partial charge is 0.0213 e. The third-order valence-corrected chi connectivity index (χ3v) is 6.95. The SMILES string of the molecule is CC(CC(C)NCc1c(C(C)C)cccc1C(C)C)NCc1c(C(C)C)cccc1C(C)C. The summed E-state index contributed by atoms with van der Waals surface area (Å²) in [6, 6.07) is 14.6. The Kier molecular flexibility index (Phi) is 10.6. The molecule has 0 amide bonds. The van der Waals surface area contributed by atoms with Gasteiger partial charge in [-0.15, -0.1) is 0 Å². The van der Waals surface area contributed by atoms with Crippen molar-refractivity contribution in [1.29, 1.82) is 0 Å². The molecule has 0 aromatic heterocycles. The summed E-state index contributed by atoms with van der Waals surface area (Å²) < 4.78 is 0. The van der Waals surface area contributed by atoms with Gasteiger partial charge in [0, 0.05) is 25.2 Å². The lowest BCUT2D eigenvalue weighted by Crippen LogP contribution is -2.35. The molecule has 2 unspecified atom stereocenters. The number of rotatable bonds is 12. The molecule has 0 radical (unpaired) electrons. The molecule has 0 bridgehead atoms. The van der Waals surface area contributed by atoms with Crippen LogP contribution in [-0.4, -0.2) is 12.1 Å². The lowest BCUT2D eigenvalue weighted by molar-refractivity contribution is 0.421. The van der Waals surface area contributed by atoms with Crippen LogP contribution in [0.2, 0.25) is 0 Å². The number of hydrogen-bond donors (Lipinski definition) is 2. The van der Waals surface area contributed by atoms with Gasteiger partial charge < -0.3 is 10.6 Å². The van der Waals surface area contributed by atoms with Crippen molar-refractivity contribution >= 4 is 0 Å². The second-order valence-electron chi connectivity index (χ2n) is 11.2. The predicted octanol–water partition coefficient (Wildman–Crippen LogP) is 8.23. The van der Waals surface area contributed by atoms with E-state index in [0.717, 1.165) is 19.5 Å². The highest BCUT2D eigenvalue weighted by Crippen LogP contribution is 2.29. The normalized spacial score (nSPS) is 14.0. The summed E-state index contributed by atoms with van der Waals surface area (Å²) in [4.78, 5) is 0. The fourth-order valence-corrected chi connectivity index (χ4v) is 5.07. The van der Waals surface area contributed by atoms with Gasteiger partial charge in [0.05, 0.1) is 0 Å². The fraction of sp³-hybridized carbons (Fsp3) is 0.613. The molecule has 2 nitrogen and oxygen atoms in total. The highest BCUT2D eigenvalue weighted by Gasteiger charge is 2.17. The van der Waals surface area contributed by atoms with Crippen molar-refractivity contribution in [2.45, 2.75) is 125 Å². The maximum atomic E-state index is 3.84. The Morgan fingerprint density at radius 3 is 1.00 bits per heavy atom. The molecule has 2 N–H and O–H groups in total. The van der Waals surface area contributed by atoms with E-state index >= 15 is 0 Å². The molecule has 2 rings (SSSR count). The molecule has 2 heteroatoms. The van der Waals surface area contributed by atoms with Crippen molar-refractivity contribution in [3.8, 4) is 0 Å². The first-order valence-corrected chi connectivity index (χ1v) is 13.2. The summed E-state index contributed by atoms with van der Waals surface area (Å²) in [5.41, 5.74) is 8.94. The molecule has 0 aliphatic rings. The maximum absolute atomic E-state index is 3.84. The van der Waals surface area contributed by atoms with E-state index in [9.17, 15) is 0 Å². The van der Waals surface area contributed by atoms with Crippen molar-refractivity contribution in [2.24, 2.45) is 0 Å². The molecule has 2 aromatic carbocycles. The van der Waals surface area contributed by atoms with Crippen LogP contribution >= 0.6 is 0 Å². The van der Waals surface area contributed by atoms with E-state index in [1.807, 2.05) is 0 Å². The molecule has 0 saturated heterocycles. The highest BCUT2D eigenvalue weighted by molar-refractivity contribution is 5.40. The van der Waals surface area contributed by atoms with Gasteiger partial charge in [-0.1, -0.05) is 91.8 Å². The zero-order valence-electron chi connectivity index (χ0n) is 23.0. The lowest BCUT2D eigenvalue weighted by Gasteiger charge is -2.25. The standard InChI is InChI=1S/C31H50N2/c1-20(2)26-13-11-14-27(21(3)4)30(26)18-32-24(9)17-25(10)33-19-31-28(22(5)6)15-12-16-29(31)23(7)8/h11-16,20-25,32-33H,17-19H2,1-10H3. The number of benzene rings is 2. The van der Waals surface area contributed by atoms with E-state index in [4.69, 9.17) is 0 Å². The van der Waals surface area contributed by atoms with E-state index in [2.05, 4.69) is 116 Å². The Bertz CT molecular complexity index is 739. The second-order valence-corrected chi connectivity index (χ2v) is 11.2. The van der Waals surface area contributed by atoms with Crippen LogP contribution in [0.3, 0.4) is 0 Å². The van der Waals surface area contributed by atoms with Crippen molar-refractivity contribution in [2.75, 3.05) is 0 Å². The molecule has 2 aromatic rings. The average Bonchev–Trinajstić information content (AvgIpc) is 2.75. The zero-order valence-corrected chi connectivity index (χ0v) is 23.0. The monoisotopic (exact) mass is 450 g/mol. The summed E-state index contributed by atoms with van der Waals surface area (Å²) in [6.07, 6.45) is 1.11. The van der Waals surface area contributed by atoms with Crippen LogP contribution < -0.4 is 10.6 Å². The van der Waals surface area contributed by atoms with E-state index in [1.54, 1.807) is 0 Å². The van der Waals surface area contributed by atoms with Crippen LogP contribution in [0.15, 0.2) is 36.4 Å².